The fraction of sp³-hybridized carbons (Fsp3) is 0.600. The summed E-state index contributed by atoms with van der Waals surface area (Å²) < 4.78 is 12.1. The lowest BCUT2D eigenvalue weighted by Crippen LogP contribution is -2.44. The SMILES string of the molecule is CC[C@H](Oc1ccc(C)cc1C)C(=O)O[C@H]1C[C@H](O)C=C2C=C[C@@H](C)[C@H](CC[C@@H](O)C[C@@H](O)CC(=O)O)[C@H]21. The molecule has 0 unspecified atom stereocenters. The summed E-state index contributed by atoms with van der Waals surface area (Å²) >= 11 is 0. The normalized spacial score (nSPS) is 27.0. The molecule has 0 amide bonds. The standard InChI is InChI=1S/C30H42O8/c1-5-25(37-26-11-6-17(2)12-19(26)4)30(36)38-27-15-22(32)13-20-8-7-18(3)24(29(20)27)10-9-21(31)14-23(33)16-28(34)35/h6-8,11-13,18,21-25,27,29,31-33H,5,9-10,14-16H2,1-4H3,(H,34,35)/t18-,21-,22-,23-,24+,25+,27+,29+/m1/s1. The number of ether oxygens (including phenoxy) is 2. The van der Waals surface area contributed by atoms with Crippen LogP contribution < -0.4 is 4.74 Å². The first kappa shape index (κ1) is 29.9. The van der Waals surface area contributed by atoms with Crippen molar-refractivity contribution in [3.05, 3.63) is 53.1 Å². The molecule has 4 N–H and O–H groups in total. The average Bonchev–Trinajstić information content (AvgIpc) is 2.82. The second-order valence-corrected chi connectivity index (χ2v) is 10.9. The summed E-state index contributed by atoms with van der Waals surface area (Å²) in [5.41, 5.74) is 2.95. The van der Waals surface area contributed by atoms with Crippen molar-refractivity contribution in [1.82, 2.24) is 0 Å². The van der Waals surface area contributed by atoms with E-state index in [4.69, 9.17) is 14.6 Å². The van der Waals surface area contributed by atoms with Crippen LogP contribution >= 0.6 is 0 Å². The van der Waals surface area contributed by atoms with Crippen molar-refractivity contribution in [2.75, 3.05) is 0 Å². The molecule has 0 saturated heterocycles. The third-order valence-electron chi connectivity index (χ3n) is 7.66. The Hall–Kier alpha value is -2.68. The molecule has 1 aromatic carbocycles. The molecule has 0 aliphatic heterocycles. The van der Waals surface area contributed by atoms with Crippen LogP contribution in [0.25, 0.3) is 0 Å². The first-order valence-corrected chi connectivity index (χ1v) is 13.6. The minimum Gasteiger partial charge on any atom is -0.481 e. The van der Waals surface area contributed by atoms with Crippen LogP contribution in [0.2, 0.25) is 0 Å². The van der Waals surface area contributed by atoms with Gasteiger partial charge in [0.05, 0.1) is 24.7 Å². The lowest BCUT2D eigenvalue weighted by atomic mass is 9.66. The summed E-state index contributed by atoms with van der Waals surface area (Å²) in [6.07, 6.45) is 3.07. The fourth-order valence-electron chi connectivity index (χ4n) is 5.70. The Morgan fingerprint density at radius 3 is 2.55 bits per heavy atom. The topological polar surface area (TPSA) is 134 Å². The van der Waals surface area contributed by atoms with Crippen molar-refractivity contribution in [1.29, 1.82) is 0 Å². The van der Waals surface area contributed by atoms with Crippen LogP contribution in [0.1, 0.15) is 63.5 Å². The third kappa shape index (κ3) is 7.91. The maximum Gasteiger partial charge on any atom is 0.347 e. The lowest BCUT2D eigenvalue weighted by molar-refractivity contribution is -0.163. The molecule has 8 atom stereocenters. The molecule has 2 aliphatic carbocycles. The van der Waals surface area contributed by atoms with Crippen molar-refractivity contribution in [2.24, 2.45) is 17.8 Å². The van der Waals surface area contributed by atoms with Crippen LogP contribution in [0.4, 0.5) is 0 Å². The van der Waals surface area contributed by atoms with Gasteiger partial charge in [0.2, 0.25) is 0 Å². The summed E-state index contributed by atoms with van der Waals surface area (Å²) in [6, 6.07) is 5.79. The number of hydrogen-bond donors (Lipinski definition) is 4. The summed E-state index contributed by atoms with van der Waals surface area (Å²) in [4.78, 5) is 24.1. The van der Waals surface area contributed by atoms with Gasteiger partial charge in [-0.15, -0.1) is 0 Å². The number of aliphatic hydroxyl groups is 3. The number of carboxylic acid groups (broad SMARTS) is 1. The van der Waals surface area contributed by atoms with Gasteiger partial charge in [0.25, 0.3) is 0 Å². The number of carboxylic acids is 1. The maximum absolute atomic E-state index is 13.3. The number of rotatable bonds is 12. The van der Waals surface area contributed by atoms with Gasteiger partial charge in [0.1, 0.15) is 11.9 Å². The zero-order valence-corrected chi connectivity index (χ0v) is 22.7. The fourth-order valence-corrected chi connectivity index (χ4v) is 5.70. The number of benzene rings is 1. The molecule has 1 aromatic rings. The Kier molecular flexibility index (Phi) is 10.5. The van der Waals surface area contributed by atoms with Gasteiger partial charge >= 0.3 is 11.9 Å². The van der Waals surface area contributed by atoms with E-state index in [1.54, 1.807) is 6.08 Å². The van der Waals surface area contributed by atoms with Crippen LogP contribution in [-0.4, -0.2) is 62.9 Å². The number of aliphatic hydroxyl groups excluding tert-OH is 3. The summed E-state index contributed by atoms with van der Waals surface area (Å²) in [5.74, 6) is -0.931. The molecule has 0 bridgehead atoms. The predicted octanol–water partition coefficient (Wildman–Crippen LogP) is 3.87. The van der Waals surface area contributed by atoms with Crippen LogP contribution in [0, 0.1) is 31.6 Å². The Balaban J connectivity index is 1.72. The number of carbonyl (C=O) groups is 2. The van der Waals surface area contributed by atoms with E-state index in [-0.39, 0.29) is 30.6 Å². The molecule has 38 heavy (non-hydrogen) atoms. The molecule has 0 spiro atoms. The molecule has 8 nitrogen and oxygen atoms in total. The van der Waals surface area contributed by atoms with Gasteiger partial charge in [-0.25, -0.2) is 4.79 Å². The zero-order valence-electron chi connectivity index (χ0n) is 22.7. The molecular weight excluding hydrogens is 488 g/mol. The molecule has 0 radical (unpaired) electrons. The molecule has 2 aliphatic rings. The molecule has 3 rings (SSSR count). The van der Waals surface area contributed by atoms with E-state index in [1.165, 1.54) is 0 Å². The van der Waals surface area contributed by atoms with Gasteiger partial charge in [0, 0.05) is 12.3 Å². The van der Waals surface area contributed by atoms with Crippen LogP contribution in [0.5, 0.6) is 5.75 Å². The second kappa shape index (κ2) is 13.4. The Morgan fingerprint density at radius 1 is 1.16 bits per heavy atom. The van der Waals surface area contributed by atoms with Crippen LogP contribution in [-0.2, 0) is 14.3 Å². The number of carbonyl (C=O) groups excluding carboxylic acids is 1. The number of hydrogen-bond acceptors (Lipinski definition) is 7. The molecule has 0 fully saturated rings. The molecular formula is C30H42O8. The van der Waals surface area contributed by atoms with Gasteiger partial charge < -0.3 is 29.9 Å². The largest absolute Gasteiger partial charge is 0.481 e. The molecule has 8 heteroatoms. The highest BCUT2D eigenvalue weighted by molar-refractivity contribution is 5.75. The number of aliphatic carboxylic acids is 1. The Labute approximate surface area is 225 Å². The summed E-state index contributed by atoms with van der Waals surface area (Å²) in [6.45, 7) is 7.87. The van der Waals surface area contributed by atoms with E-state index in [1.807, 2.05) is 45.0 Å². The van der Waals surface area contributed by atoms with Crippen molar-refractivity contribution in [2.45, 2.75) is 96.7 Å². The average molecular weight is 531 g/mol. The number of allylic oxidation sites excluding steroid dienone is 2. The third-order valence-corrected chi connectivity index (χ3v) is 7.66. The first-order chi connectivity index (χ1) is 18.0. The van der Waals surface area contributed by atoms with Gasteiger partial charge in [-0.05, 0) is 68.6 Å². The van der Waals surface area contributed by atoms with E-state index in [0.29, 0.717) is 25.0 Å². The van der Waals surface area contributed by atoms with Crippen molar-refractivity contribution in [3.63, 3.8) is 0 Å². The quantitative estimate of drug-likeness (QED) is 0.299. The van der Waals surface area contributed by atoms with Crippen molar-refractivity contribution < 1.29 is 39.5 Å². The van der Waals surface area contributed by atoms with Gasteiger partial charge in [-0.3, -0.25) is 4.79 Å². The van der Waals surface area contributed by atoms with Crippen molar-refractivity contribution in [3.8, 4) is 5.75 Å². The first-order valence-electron chi connectivity index (χ1n) is 13.6. The maximum atomic E-state index is 13.3. The number of fused-ring (bicyclic) bond motifs is 1. The summed E-state index contributed by atoms with van der Waals surface area (Å²) in [7, 11) is 0. The van der Waals surface area contributed by atoms with Crippen LogP contribution in [0.3, 0.4) is 0 Å². The van der Waals surface area contributed by atoms with Gasteiger partial charge in [0.15, 0.2) is 6.10 Å². The molecule has 210 valence electrons. The van der Waals surface area contributed by atoms with E-state index in [2.05, 4.69) is 13.0 Å². The van der Waals surface area contributed by atoms with E-state index < -0.39 is 48.9 Å². The minimum atomic E-state index is -1.11. The molecule has 0 saturated carbocycles. The highest BCUT2D eigenvalue weighted by Gasteiger charge is 2.42. The smallest absolute Gasteiger partial charge is 0.347 e. The van der Waals surface area contributed by atoms with Crippen LogP contribution in [0.15, 0.2) is 42.0 Å². The Bertz CT molecular complexity index is 1030. The zero-order chi connectivity index (χ0) is 28.0. The van der Waals surface area contributed by atoms with E-state index in [9.17, 15) is 24.9 Å². The number of esters is 1. The van der Waals surface area contributed by atoms with Gasteiger partial charge in [-0.2, -0.15) is 0 Å². The number of aryl methyl sites for hydroxylation is 2. The predicted molar refractivity (Wildman–Crippen MR) is 143 cm³/mol. The highest BCUT2D eigenvalue weighted by atomic mass is 16.6. The summed E-state index contributed by atoms with van der Waals surface area (Å²) in [5, 5.41) is 39.7. The Morgan fingerprint density at radius 2 is 1.89 bits per heavy atom. The highest BCUT2D eigenvalue weighted by Crippen LogP contribution is 2.44. The molecule has 0 heterocycles. The van der Waals surface area contributed by atoms with Crippen molar-refractivity contribution >= 4 is 11.9 Å². The monoisotopic (exact) mass is 530 g/mol. The van der Waals surface area contributed by atoms with Gasteiger partial charge in [-0.1, -0.05) is 49.8 Å². The molecule has 0 aromatic heterocycles. The van der Waals surface area contributed by atoms with E-state index in [0.717, 1.165) is 16.7 Å². The minimum absolute atomic E-state index is 0.0122. The van der Waals surface area contributed by atoms with E-state index >= 15 is 0 Å². The second-order valence-electron chi connectivity index (χ2n) is 10.9. The lowest BCUT2D eigenvalue weighted by Gasteiger charge is -2.43.